The van der Waals surface area contributed by atoms with Gasteiger partial charge < -0.3 is 0 Å². The highest BCUT2D eigenvalue weighted by Crippen LogP contribution is 2.55. The van der Waals surface area contributed by atoms with Crippen LogP contribution in [0, 0.1) is 0 Å². The van der Waals surface area contributed by atoms with Crippen LogP contribution in [0.2, 0.25) is 0 Å². The number of aromatic nitrogens is 2. The first kappa shape index (κ1) is 16.4. The van der Waals surface area contributed by atoms with Crippen LogP contribution in [-0.2, 0) is 10.8 Å². The topological polar surface area (TPSA) is 17.3 Å². The molecule has 3 aliphatic carbocycles. The highest BCUT2D eigenvalue weighted by molar-refractivity contribution is 6.02. The van der Waals surface area contributed by atoms with Crippen LogP contribution in [0.3, 0.4) is 0 Å². The van der Waals surface area contributed by atoms with Gasteiger partial charge in [0.2, 0.25) is 0 Å². The summed E-state index contributed by atoms with van der Waals surface area (Å²) in [5.41, 5.74) is 10.2. The minimum absolute atomic E-state index is 0.132. The van der Waals surface area contributed by atoms with Crippen LogP contribution in [0.25, 0.3) is 27.5 Å². The summed E-state index contributed by atoms with van der Waals surface area (Å²) >= 11 is 0. The van der Waals surface area contributed by atoms with E-state index in [1.54, 1.807) is 11.1 Å². The predicted molar refractivity (Wildman–Crippen MR) is 120 cm³/mol. The van der Waals surface area contributed by atoms with Gasteiger partial charge in [-0.15, -0.1) is 0 Å². The zero-order chi connectivity index (χ0) is 19.7. The Bertz CT molecular complexity index is 1370. The van der Waals surface area contributed by atoms with E-state index in [2.05, 4.69) is 68.5 Å². The van der Waals surface area contributed by atoms with Gasteiger partial charge in [0.1, 0.15) is 5.65 Å². The Morgan fingerprint density at radius 2 is 1.59 bits per heavy atom. The number of benzene rings is 2. The highest BCUT2D eigenvalue weighted by atomic mass is 15.0. The van der Waals surface area contributed by atoms with Gasteiger partial charge in [-0.1, -0.05) is 52.0 Å². The molecule has 4 aromatic rings. The Kier molecular flexibility index (Phi) is 2.75. The van der Waals surface area contributed by atoms with Crippen molar-refractivity contribution in [2.24, 2.45) is 0 Å². The molecule has 2 heterocycles. The molecule has 1 fully saturated rings. The average molecular weight is 381 g/mol. The molecule has 1 saturated carbocycles. The van der Waals surface area contributed by atoms with Gasteiger partial charge >= 0.3 is 0 Å². The molecule has 0 spiro atoms. The van der Waals surface area contributed by atoms with Gasteiger partial charge in [0.25, 0.3) is 0 Å². The zero-order valence-electron chi connectivity index (χ0n) is 17.8. The predicted octanol–water partition coefficient (Wildman–Crippen LogP) is 6.96. The van der Waals surface area contributed by atoms with Crippen molar-refractivity contribution >= 4 is 27.5 Å². The fraction of sp³-hybridized carbons (Fsp3) is 0.444. The fourth-order valence-corrected chi connectivity index (χ4v) is 7.56. The number of hydrogen-bond donors (Lipinski definition) is 0. The number of pyridine rings is 1. The Hall–Kier alpha value is -2.35. The monoisotopic (exact) mass is 380 g/mol. The van der Waals surface area contributed by atoms with Gasteiger partial charge in [-0.2, -0.15) is 0 Å². The van der Waals surface area contributed by atoms with Crippen LogP contribution in [-0.4, -0.2) is 9.38 Å². The van der Waals surface area contributed by atoms with E-state index in [-0.39, 0.29) is 10.8 Å². The summed E-state index contributed by atoms with van der Waals surface area (Å²) in [5, 5.41) is 2.70. The summed E-state index contributed by atoms with van der Waals surface area (Å²) in [6, 6.07) is 13.9. The molecule has 3 aliphatic rings. The second kappa shape index (κ2) is 4.86. The van der Waals surface area contributed by atoms with E-state index in [4.69, 9.17) is 4.98 Å². The first-order valence-electron chi connectivity index (χ1n) is 11.3. The van der Waals surface area contributed by atoms with Crippen molar-refractivity contribution in [2.75, 3.05) is 0 Å². The molecule has 146 valence electrons. The molecule has 2 bridgehead atoms. The van der Waals surface area contributed by atoms with E-state index in [1.165, 1.54) is 58.7 Å². The van der Waals surface area contributed by atoms with Gasteiger partial charge in [-0.25, -0.2) is 4.98 Å². The lowest BCUT2D eigenvalue weighted by Crippen LogP contribution is -2.19. The van der Waals surface area contributed by atoms with Gasteiger partial charge in [0, 0.05) is 16.5 Å². The maximum atomic E-state index is 5.26. The largest absolute Gasteiger partial charge is 0.295 e. The molecule has 2 aromatic carbocycles. The third-order valence-corrected chi connectivity index (χ3v) is 8.27. The van der Waals surface area contributed by atoms with Crippen molar-refractivity contribution < 1.29 is 0 Å². The number of hydrogen-bond acceptors (Lipinski definition) is 1. The van der Waals surface area contributed by atoms with Crippen LogP contribution in [0.1, 0.15) is 87.6 Å². The molecule has 0 aliphatic heterocycles. The number of rotatable bonds is 0. The Morgan fingerprint density at radius 3 is 2.34 bits per heavy atom. The first-order valence-corrected chi connectivity index (χ1v) is 11.3. The van der Waals surface area contributed by atoms with E-state index in [0.717, 1.165) is 17.5 Å². The minimum atomic E-state index is 0.132. The third kappa shape index (κ3) is 1.87. The molecule has 7 rings (SSSR count). The first-order chi connectivity index (χ1) is 13.9. The van der Waals surface area contributed by atoms with Crippen molar-refractivity contribution in [3.8, 4) is 0 Å². The third-order valence-electron chi connectivity index (χ3n) is 8.27. The summed E-state index contributed by atoms with van der Waals surface area (Å²) in [6.07, 6.45) is 5.29. The maximum absolute atomic E-state index is 5.26. The summed E-state index contributed by atoms with van der Waals surface area (Å²) in [6.45, 7) is 9.70. The molecule has 2 heteroatoms. The minimum Gasteiger partial charge on any atom is -0.295 e. The summed E-state index contributed by atoms with van der Waals surface area (Å²) in [7, 11) is 0. The quantitative estimate of drug-likeness (QED) is 0.322. The molecule has 0 saturated heterocycles. The van der Waals surface area contributed by atoms with Crippen LogP contribution in [0.4, 0.5) is 0 Å². The van der Waals surface area contributed by atoms with Crippen LogP contribution >= 0.6 is 0 Å². The second-order valence-corrected chi connectivity index (χ2v) is 11.2. The Morgan fingerprint density at radius 1 is 0.897 bits per heavy atom. The van der Waals surface area contributed by atoms with Gasteiger partial charge in [0.05, 0.1) is 11.0 Å². The summed E-state index contributed by atoms with van der Waals surface area (Å²) in [4.78, 5) is 5.26. The molecule has 2 atom stereocenters. The number of fused-ring (bicyclic) bond motifs is 13. The molecule has 2 nitrogen and oxygen atoms in total. The van der Waals surface area contributed by atoms with E-state index in [0.29, 0.717) is 0 Å². The normalized spacial score (nSPS) is 25.9. The molecular formula is C27H28N2. The lowest BCUT2D eigenvalue weighted by Gasteiger charge is -2.22. The Labute approximate surface area is 171 Å². The van der Waals surface area contributed by atoms with E-state index >= 15 is 0 Å². The van der Waals surface area contributed by atoms with Crippen molar-refractivity contribution in [3.05, 3.63) is 58.8 Å². The maximum Gasteiger partial charge on any atom is 0.146 e. The molecular weight excluding hydrogens is 352 g/mol. The van der Waals surface area contributed by atoms with Crippen LogP contribution in [0.15, 0.2) is 36.4 Å². The molecule has 29 heavy (non-hydrogen) atoms. The molecule has 0 N–H and O–H groups in total. The summed E-state index contributed by atoms with van der Waals surface area (Å²) < 4.78 is 2.55. The summed E-state index contributed by atoms with van der Waals surface area (Å²) in [5.74, 6) is 1.56. The molecule has 0 radical (unpaired) electrons. The second-order valence-electron chi connectivity index (χ2n) is 11.2. The van der Waals surface area contributed by atoms with Crippen molar-refractivity contribution in [1.29, 1.82) is 0 Å². The molecule has 2 unspecified atom stereocenters. The molecule has 2 aromatic heterocycles. The van der Waals surface area contributed by atoms with Crippen molar-refractivity contribution in [3.63, 3.8) is 0 Å². The lowest BCUT2D eigenvalue weighted by atomic mass is 9.81. The van der Waals surface area contributed by atoms with Crippen LogP contribution < -0.4 is 0 Å². The van der Waals surface area contributed by atoms with Crippen LogP contribution in [0.5, 0.6) is 0 Å². The Balaban J connectivity index is 1.72. The highest BCUT2D eigenvalue weighted by Gasteiger charge is 2.46. The fourth-order valence-electron chi connectivity index (χ4n) is 7.56. The average Bonchev–Trinajstić information content (AvgIpc) is 3.40. The van der Waals surface area contributed by atoms with E-state index in [9.17, 15) is 0 Å². The van der Waals surface area contributed by atoms with Gasteiger partial charge in [-0.3, -0.25) is 4.40 Å². The zero-order valence-corrected chi connectivity index (χ0v) is 17.8. The van der Waals surface area contributed by atoms with E-state index < -0.39 is 0 Å². The van der Waals surface area contributed by atoms with Crippen molar-refractivity contribution in [2.45, 2.75) is 76.0 Å². The van der Waals surface area contributed by atoms with Gasteiger partial charge in [-0.05, 0) is 77.1 Å². The van der Waals surface area contributed by atoms with Crippen molar-refractivity contribution in [1.82, 2.24) is 9.38 Å². The SMILES string of the molecule is CC1(C)CC(C)(C)c2c1c1ccccc1c1nc3cc4c(cc3n21)C1CCC4C1. The van der Waals surface area contributed by atoms with Gasteiger partial charge in [0.15, 0.2) is 0 Å². The lowest BCUT2D eigenvalue weighted by molar-refractivity contribution is 0.399. The smallest absolute Gasteiger partial charge is 0.146 e. The van der Waals surface area contributed by atoms with E-state index in [1.807, 2.05) is 0 Å². The standard InChI is InChI=1S/C27H28N2/c1-26(2)14-27(3,4)24-23(26)17-7-5-6-8-18(17)25-28-21-12-19-15-9-10-16(11-15)20(19)13-22(21)29(24)25/h5-8,12-13,15-16H,9-11,14H2,1-4H3. The number of nitrogens with zero attached hydrogens (tertiary/aromatic N) is 2. The number of imidazole rings is 1. The molecule has 0 amide bonds.